The van der Waals surface area contributed by atoms with Crippen molar-refractivity contribution in [1.29, 1.82) is 0 Å². The minimum Gasteiger partial charge on any atom is -0.335 e. The summed E-state index contributed by atoms with van der Waals surface area (Å²) in [6, 6.07) is 7.80. The van der Waals surface area contributed by atoms with Crippen molar-refractivity contribution in [2.24, 2.45) is 0 Å². The quantitative estimate of drug-likeness (QED) is 0.773. The molecule has 1 unspecified atom stereocenters. The fraction of sp³-hybridized carbons (Fsp3) is 0.400. The molecule has 1 heterocycles. The van der Waals surface area contributed by atoms with E-state index in [1.165, 1.54) is 7.05 Å². The molecule has 0 saturated carbocycles. The number of benzene rings is 1. The first-order valence-electron chi connectivity index (χ1n) is 7.35. The third-order valence-corrected chi connectivity index (χ3v) is 3.81. The molecular weight excluding hydrogens is 322 g/mol. The number of aromatic amines is 2. The van der Waals surface area contributed by atoms with Crippen molar-refractivity contribution < 1.29 is 13.6 Å². The Morgan fingerprint density at radius 3 is 2.29 bits per heavy atom. The lowest BCUT2D eigenvalue weighted by molar-refractivity contribution is -0.136. The molecule has 0 aliphatic carbocycles. The van der Waals surface area contributed by atoms with Crippen LogP contribution in [-0.2, 0) is 17.8 Å². The predicted molar refractivity (Wildman–Crippen MR) is 83.0 cm³/mol. The third kappa shape index (κ3) is 4.18. The van der Waals surface area contributed by atoms with Gasteiger partial charge in [0.1, 0.15) is 6.54 Å². The standard InChI is InChI=1S/C15H18F2N4O3/c1-20(12(22)9-21-14(23)18-19-15(21)24)11(13(16)17)8-7-10-5-3-2-4-6-10/h2-6,11,13H,7-9H2,1H3,(H,18,23)(H,19,24). The monoisotopic (exact) mass is 340 g/mol. The van der Waals surface area contributed by atoms with Gasteiger partial charge in [-0.1, -0.05) is 30.3 Å². The highest BCUT2D eigenvalue weighted by molar-refractivity contribution is 5.76. The van der Waals surface area contributed by atoms with Crippen LogP contribution >= 0.6 is 0 Å². The smallest absolute Gasteiger partial charge is 0.335 e. The molecule has 9 heteroatoms. The van der Waals surface area contributed by atoms with E-state index in [-0.39, 0.29) is 6.42 Å². The summed E-state index contributed by atoms with van der Waals surface area (Å²) in [5.41, 5.74) is -0.693. The van der Waals surface area contributed by atoms with Gasteiger partial charge in [0, 0.05) is 7.05 Å². The van der Waals surface area contributed by atoms with Crippen LogP contribution in [0.3, 0.4) is 0 Å². The maximum absolute atomic E-state index is 13.3. The Kier molecular flexibility index (Phi) is 5.67. The van der Waals surface area contributed by atoms with Gasteiger partial charge in [-0.25, -0.2) is 33.1 Å². The summed E-state index contributed by atoms with van der Waals surface area (Å²) < 4.78 is 27.3. The fourth-order valence-electron chi connectivity index (χ4n) is 2.36. The number of H-pyrrole nitrogens is 2. The van der Waals surface area contributed by atoms with Gasteiger partial charge in [0.25, 0.3) is 6.43 Å². The number of aromatic nitrogens is 3. The zero-order chi connectivity index (χ0) is 17.7. The zero-order valence-corrected chi connectivity index (χ0v) is 13.0. The van der Waals surface area contributed by atoms with E-state index in [1.807, 2.05) is 40.5 Å². The van der Waals surface area contributed by atoms with Crippen LogP contribution in [0.5, 0.6) is 0 Å². The van der Waals surface area contributed by atoms with Gasteiger partial charge in [-0.15, -0.1) is 0 Å². The minimum atomic E-state index is -2.73. The molecule has 0 radical (unpaired) electrons. The summed E-state index contributed by atoms with van der Waals surface area (Å²) in [6.45, 7) is -0.595. The summed E-state index contributed by atoms with van der Waals surface area (Å²) in [5.74, 6) is -0.736. The van der Waals surface area contributed by atoms with Crippen molar-refractivity contribution in [3.63, 3.8) is 0 Å². The summed E-state index contributed by atoms with van der Waals surface area (Å²) in [6.07, 6.45) is -2.27. The first kappa shape index (κ1) is 17.6. The van der Waals surface area contributed by atoms with Gasteiger partial charge >= 0.3 is 11.4 Å². The number of likely N-dealkylation sites (N-methyl/N-ethyl adjacent to an activating group) is 1. The topological polar surface area (TPSA) is 91.0 Å². The largest absolute Gasteiger partial charge is 0.344 e. The van der Waals surface area contributed by atoms with Crippen molar-refractivity contribution in [3.05, 3.63) is 56.9 Å². The highest BCUT2D eigenvalue weighted by atomic mass is 19.3. The van der Waals surface area contributed by atoms with Crippen LogP contribution in [-0.4, -0.2) is 45.1 Å². The van der Waals surface area contributed by atoms with Crippen molar-refractivity contribution in [2.75, 3.05) is 7.05 Å². The summed E-state index contributed by atoms with van der Waals surface area (Å²) in [5, 5.41) is 4.06. The van der Waals surface area contributed by atoms with Gasteiger partial charge in [-0.05, 0) is 18.4 Å². The molecule has 0 fully saturated rings. The first-order valence-corrected chi connectivity index (χ1v) is 7.35. The van der Waals surface area contributed by atoms with E-state index in [0.717, 1.165) is 10.5 Å². The highest BCUT2D eigenvalue weighted by Crippen LogP contribution is 2.16. The molecule has 1 atom stereocenters. The summed E-state index contributed by atoms with van der Waals surface area (Å²) in [4.78, 5) is 35.8. The Morgan fingerprint density at radius 1 is 1.17 bits per heavy atom. The van der Waals surface area contributed by atoms with Gasteiger partial charge in [0.15, 0.2) is 0 Å². The second kappa shape index (κ2) is 7.71. The van der Waals surface area contributed by atoms with Gasteiger partial charge in [0.05, 0.1) is 6.04 Å². The zero-order valence-electron chi connectivity index (χ0n) is 13.0. The van der Waals surface area contributed by atoms with Crippen LogP contribution in [0.4, 0.5) is 8.78 Å². The molecule has 24 heavy (non-hydrogen) atoms. The second-order valence-corrected chi connectivity index (χ2v) is 5.38. The lowest BCUT2D eigenvalue weighted by atomic mass is 10.0. The van der Waals surface area contributed by atoms with Crippen molar-refractivity contribution in [2.45, 2.75) is 31.9 Å². The van der Waals surface area contributed by atoms with Crippen molar-refractivity contribution >= 4 is 5.91 Å². The van der Waals surface area contributed by atoms with Crippen molar-refractivity contribution in [1.82, 2.24) is 19.7 Å². The molecule has 0 aliphatic rings. The van der Waals surface area contributed by atoms with Crippen LogP contribution in [0.1, 0.15) is 12.0 Å². The number of halogens is 2. The van der Waals surface area contributed by atoms with E-state index in [0.29, 0.717) is 11.0 Å². The summed E-state index contributed by atoms with van der Waals surface area (Å²) in [7, 11) is 1.25. The van der Waals surface area contributed by atoms with Crippen molar-refractivity contribution in [3.8, 4) is 0 Å². The molecule has 0 saturated heterocycles. The number of nitrogens with zero attached hydrogens (tertiary/aromatic N) is 2. The number of rotatable bonds is 7. The Labute approximate surface area is 135 Å². The Bertz CT molecular complexity index is 754. The van der Waals surface area contributed by atoms with E-state index in [2.05, 4.69) is 0 Å². The molecule has 1 amide bonds. The van der Waals surface area contributed by atoms with Crippen LogP contribution in [0.25, 0.3) is 0 Å². The minimum absolute atomic E-state index is 0.0717. The Balaban J connectivity index is 2.05. The number of hydrogen-bond acceptors (Lipinski definition) is 3. The van der Waals surface area contributed by atoms with E-state index in [4.69, 9.17) is 0 Å². The van der Waals surface area contributed by atoms with E-state index in [9.17, 15) is 23.2 Å². The average Bonchev–Trinajstić information content (AvgIpc) is 2.87. The Hall–Kier alpha value is -2.71. The Morgan fingerprint density at radius 2 is 1.75 bits per heavy atom. The summed E-state index contributed by atoms with van der Waals surface area (Å²) >= 11 is 0. The van der Waals surface area contributed by atoms with Crippen LogP contribution in [0, 0.1) is 0 Å². The van der Waals surface area contributed by atoms with E-state index < -0.39 is 36.3 Å². The second-order valence-electron chi connectivity index (χ2n) is 5.38. The van der Waals surface area contributed by atoms with Gasteiger partial charge < -0.3 is 4.90 Å². The number of hydrogen-bond donors (Lipinski definition) is 2. The molecule has 0 aliphatic heterocycles. The molecule has 2 N–H and O–H groups in total. The number of alkyl halides is 2. The molecular formula is C15H18F2N4O3. The number of nitrogens with one attached hydrogen (secondary N) is 2. The number of carbonyl (C=O) groups is 1. The van der Waals surface area contributed by atoms with E-state index >= 15 is 0 Å². The molecule has 0 bridgehead atoms. The van der Waals surface area contributed by atoms with Gasteiger partial charge in [-0.2, -0.15) is 0 Å². The SMILES string of the molecule is CN(C(=O)Cn1c(=O)[nH][nH]c1=O)C(CCc1ccccc1)C(F)F. The van der Waals surface area contributed by atoms with Gasteiger partial charge in [0.2, 0.25) is 5.91 Å². The third-order valence-electron chi connectivity index (χ3n) is 3.81. The predicted octanol–water partition coefficient (Wildman–Crippen LogP) is 0.590. The molecule has 2 rings (SSSR count). The normalized spacial score (nSPS) is 12.3. The van der Waals surface area contributed by atoms with E-state index in [1.54, 1.807) is 0 Å². The molecule has 1 aromatic heterocycles. The molecule has 130 valence electrons. The average molecular weight is 340 g/mol. The number of aryl methyl sites for hydroxylation is 1. The number of amides is 1. The maximum Gasteiger partial charge on any atom is 0.344 e. The lowest BCUT2D eigenvalue weighted by Crippen LogP contribution is -2.45. The first-order chi connectivity index (χ1) is 11.4. The van der Waals surface area contributed by atoms with Crippen LogP contribution in [0.2, 0.25) is 0 Å². The van der Waals surface area contributed by atoms with Crippen LogP contribution in [0.15, 0.2) is 39.9 Å². The lowest BCUT2D eigenvalue weighted by Gasteiger charge is -2.27. The number of carbonyl (C=O) groups excluding carboxylic acids is 1. The molecule has 1 aromatic carbocycles. The highest BCUT2D eigenvalue weighted by Gasteiger charge is 2.28. The molecule has 7 nitrogen and oxygen atoms in total. The maximum atomic E-state index is 13.3. The fourth-order valence-corrected chi connectivity index (χ4v) is 2.36. The molecule has 0 spiro atoms. The molecule has 2 aromatic rings. The van der Waals surface area contributed by atoms with Crippen LogP contribution < -0.4 is 11.4 Å². The van der Waals surface area contributed by atoms with Gasteiger partial charge in [-0.3, -0.25) is 4.79 Å².